The summed E-state index contributed by atoms with van der Waals surface area (Å²) in [6, 6.07) is 7.22. The van der Waals surface area contributed by atoms with Gasteiger partial charge in [0.1, 0.15) is 17.0 Å². The molecule has 1 aromatic carbocycles. The largest absolute Gasteiger partial charge is 0.360 e. The number of nitrogens with zero attached hydrogens (tertiary/aromatic N) is 1. The average Bonchev–Trinajstić information content (AvgIpc) is 2.81. The topological polar surface area (TPSA) is 55.1 Å². The molecule has 0 unspecified atom stereocenters. The Kier molecular flexibility index (Phi) is 4.79. The summed E-state index contributed by atoms with van der Waals surface area (Å²) in [4.78, 5) is 12.2. The first-order chi connectivity index (χ1) is 9.63. The van der Waals surface area contributed by atoms with E-state index in [2.05, 4.69) is 17.4 Å². The molecule has 0 saturated heterocycles. The minimum absolute atomic E-state index is 0.160. The van der Waals surface area contributed by atoms with Gasteiger partial charge in [0.05, 0.1) is 0 Å². The second kappa shape index (κ2) is 6.57. The summed E-state index contributed by atoms with van der Waals surface area (Å²) < 4.78 is 5.16. The van der Waals surface area contributed by atoms with Crippen LogP contribution in [-0.2, 0) is 0 Å². The van der Waals surface area contributed by atoms with Crippen LogP contribution in [0, 0.1) is 6.92 Å². The number of amides is 1. The molecule has 0 bridgehead atoms. The van der Waals surface area contributed by atoms with Crippen molar-refractivity contribution in [1.82, 2.24) is 10.5 Å². The maximum Gasteiger partial charge on any atom is 0.257 e. The molecule has 2 aromatic rings. The van der Waals surface area contributed by atoms with Crippen LogP contribution in [0.15, 0.2) is 28.8 Å². The second-order valence-corrected chi connectivity index (χ2v) is 5.02. The fourth-order valence-corrected chi connectivity index (χ4v) is 2.13. The summed E-state index contributed by atoms with van der Waals surface area (Å²) in [5, 5.41) is 7.46. The van der Waals surface area contributed by atoms with E-state index in [0.717, 1.165) is 18.4 Å². The second-order valence-electron chi connectivity index (χ2n) is 4.58. The highest BCUT2D eigenvalue weighted by Crippen LogP contribution is 2.27. The molecule has 0 spiro atoms. The minimum atomic E-state index is -0.160. The Morgan fingerprint density at radius 1 is 1.45 bits per heavy atom. The monoisotopic (exact) mass is 292 g/mol. The molecular formula is C15H17ClN2O2. The van der Waals surface area contributed by atoms with Crippen molar-refractivity contribution in [1.29, 1.82) is 0 Å². The number of benzene rings is 1. The number of nitrogens with one attached hydrogen (secondary N) is 1. The molecule has 0 atom stereocenters. The van der Waals surface area contributed by atoms with Crippen molar-refractivity contribution in [2.45, 2.75) is 26.7 Å². The van der Waals surface area contributed by atoms with E-state index in [1.807, 2.05) is 12.1 Å². The van der Waals surface area contributed by atoms with E-state index in [0.29, 0.717) is 28.6 Å². The predicted octanol–water partition coefficient (Wildman–Crippen LogP) is 3.83. The highest BCUT2D eigenvalue weighted by Gasteiger charge is 2.21. The molecule has 0 aliphatic carbocycles. The van der Waals surface area contributed by atoms with E-state index in [4.69, 9.17) is 16.1 Å². The SMILES string of the molecule is CCCCNC(=O)c1c(-c2cccc(Cl)c2)noc1C. The van der Waals surface area contributed by atoms with Crippen molar-refractivity contribution >= 4 is 17.5 Å². The van der Waals surface area contributed by atoms with Gasteiger partial charge < -0.3 is 9.84 Å². The lowest BCUT2D eigenvalue weighted by Gasteiger charge is -2.05. The molecule has 0 aliphatic rings. The van der Waals surface area contributed by atoms with E-state index in [9.17, 15) is 4.79 Å². The Hall–Kier alpha value is -1.81. The Balaban J connectivity index is 2.30. The molecule has 2 rings (SSSR count). The van der Waals surface area contributed by atoms with Crippen LogP contribution < -0.4 is 5.32 Å². The van der Waals surface area contributed by atoms with Crippen LogP contribution in [0.25, 0.3) is 11.3 Å². The number of carbonyl (C=O) groups excluding carboxylic acids is 1. The van der Waals surface area contributed by atoms with Crippen molar-refractivity contribution in [3.8, 4) is 11.3 Å². The van der Waals surface area contributed by atoms with E-state index in [-0.39, 0.29) is 5.91 Å². The fourth-order valence-electron chi connectivity index (χ4n) is 1.94. The molecule has 1 aromatic heterocycles. The van der Waals surface area contributed by atoms with Gasteiger partial charge in [-0.3, -0.25) is 4.79 Å². The molecule has 0 aliphatic heterocycles. The third-order valence-electron chi connectivity index (χ3n) is 3.00. The Bertz CT molecular complexity index is 608. The highest BCUT2D eigenvalue weighted by molar-refractivity contribution is 6.30. The van der Waals surface area contributed by atoms with Crippen LogP contribution in [-0.4, -0.2) is 17.6 Å². The van der Waals surface area contributed by atoms with Gasteiger partial charge in [-0.2, -0.15) is 0 Å². The molecular weight excluding hydrogens is 276 g/mol. The van der Waals surface area contributed by atoms with E-state index in [1.54, 1.807) is 19.1 Å². The number of rotatable bonds is 5. The third kappa shape index (κ3) is 3.20. The number of unbranched alkanes of at least 4 members (excludes halogenated alkanes) is 1. The molecule has 5 heteroatoms. The number of carbonyl (C=O) groups is 1. The van der Waals surface area contributed by atoms with Gasteiger partial charge in [0, 0.05) is 17.1 Å². The molecule has 1 heterocycles. The number of hydrogen-bond acceptors (Lipinski definition) is 3. The summed E-state index contributed by atoms with van der Waals surface area (Å²) in [5.41, 5.74) is 1.78. The minimum Gasteiger partial charge on any atom is -0.360 e. The van der Waals surface area contributed by atoms with Crippen LogP contribution in [0.2, 0.25) is 5.02 Å². The zero-order chi connectivity index (χ0) is 14.5. The average molecular weight is 293 g/mol. The van der Waals surface area contributed by atoms with Gasteiger partial charge in [-0.1, -0.05) is 42.2 Å². The van der Waals surface area contributed by atoms with Crippen LogP contribution in [0.5, 0.6) is 0 Å². The molecule has 1 N–H and O–H groups in total. The molecule has 0 fully saturated rings. The Morgan fingerprint density at radius 2 is 2.25 bits per heavy atom. The zero-order valence-electron chi connectivity index (χ0n) is 11.6. The summed E-state index contributed by atoms with van der Waals surface area (Å²) >= 11 is 5.98. The Morgan fingerprint density at radius 3 is 2.95 bits per heavy atom. The first kappa shape index (κ1) is 14.6. The van der Waals surface area contributed by atoms with Gasteiger partial charge >= 0.3 is 0 Å². The third-order valence-corrected chi connectivity index (χ3v) is 3.24. The van der Waals surface area contributed by atoms with E-state index >= 15 is 0 Å². The zero-order valence-corrected chi connectivity index (χ0v) is 12.3. The summed E-state index contributed by atoms with van der Waals surface area (Å²) in [6.07, 6.45) is 1.98. The predicted molar refractivity (Wildman–Crippen MR) is 78.9 cm³/mol. The van der Waals surface area contributed by atoms with Crippen molar-refractivity contribution in [2.75, 3.05) is 6.54 Å². The molecule has 106 valence electrons. The fraction of sp³-hybridized carbons (Fsp3) is 0.333. The highest BCUT2D eigenvalue weighted by atomic mass is 35.5. The summed E-state index contributed by atoms with van der Waals surface area (Å²) in [7, 11) is 0. The van der Waals surface area contributed by atoms with Crippen LogP contribution in [0.4, 0.5) is 0 Å². The molecule has 0 radical (unpaired) electrons. The van der Waals surface area contributed by atoms with Gasteiger partial charge in [-0.25, -0.2) is 0 Å². The number of halogens is 1. The van der Waals surface area contributed by atoms with Crippen molar-refractivity contribution in [3.63, 3.8) is 0 Å². The van der Waals surface area contributed by atoms with Gasteiger partial charge in [-0.05, 0) is 25.5 Å². The van der Waals surface area contributed by atoms with Crippen LogP contribution in [0.1, 0.15) is 35.9 Å². The van der Waals surface area contributed by atoms with Gasteiger partial charge in [0.15, 0.2) is 0 Å². The van der Waals surface area contributed by atoms with Gasteiger partial charge in [0.25, 0.3) is 5.91 Å². The van der Waals surface area contributed by atoms with Crippen LogP contribution in [0.3, 0.4) is 0 Å². The lowest BCUT2D eigenvalue weighted by atomic mass is 10.1. The van der Waals surface area contributed by atoms with Gasteiger partial charge in [0.2, 0.25) is 0 Å². The quantitative estimate of drug-likeness (QED) is 0.852. The molecule has 0 saturated carbocycles. The lowest BCUT2D eigenvalue weighted by Crippen LogP contribution is -2.25. The van der Waals surface area contributed by atoms with Crippen LogP contribution >= 0.6 is 11.6 Å². The normalized spacial score (nSPS) is 10.6. The van der Waals surface area contributed by atoms with E-state index < -0.39 is 0 Å². The van der Waals surface area contributed by atoms with Crippen molar-refractivity contribution in [3.05, 3.63) is 40.6 Å². The van der Waals surface area contributed by atoms with Gasteiger partial charge in [-0.15, -0.1) is 0 Å². The number of hydrogen-bond donors (Lipinski definition) is 1. The maximum atomic E-state index is 12.2. The molecule has 20 heavy (non-hydrogen) atoms. The standard InChI is InChI=1S/C15H17ClN2O2/c1-3-4-8-17-15(19)13-10(2)20-18-14(13)11-6-5-7-12(16)9-11/h5-7,9H,3-4,8H2,1-2H3,(H,17,19). The number of aryl methyl sites for hydroxylation is 1. The van der Waals surface area contributed by atoms with Crippen molar-refractivity contribution < 1.29 is 9.32 Å². The number of aromatic nitrogens is 1. The summed E-state index contributed by atoms with van der Waals surface area (Å²) in [5.74, 6) is 0.348. The first-order valence-corrected chi connectivity index (χ1v) is 7.01. The summed E-state index contributed by atoms with van der Waals surface area (Å²) in [6.45, 7) is 4.46. The van der Waals surface area contributed by atoms with E-state index in [1.165, 1.54) is 0 Å². The smallest absolute Gasteiger partial charge is 0.257 e. The molecule has 4 nitrogen and oxygen atoms in total. The molecule has 1 amide bonds. The maximum absolute atomic E-state index is 12.2. The first-order valence-electron chi connectivity index (χ1n) is 6.64. The lowest BCUT2D eigenvalue weighted by molar-refractivity contribution is 0.0952. The Labute approximate surface area is 123 Å². The van der Waals surface area contributed by atoms with Crippen molar-refractivity contribution in [2.24, 2.45) is 0 Å².